The van der Waals surface area contributed by atoms with Crippen molar-refractivity contribution in [1.82, 2.24) is 0 Å². The Morgan fingerprint density at radius 2 is 1.68 bits per heavy atom. The maximum absolute atomic E-state index is 13.0. The third-order valence-corrected chi connectivity index (χ3v) is 4.75. The van der Waals surface area contributed by atoms with Gasteiger partial charge < -0.3 is 19.5 Å². The first kappa shape index (κ1) is 22.2. The molecular formula is C22H21ClN2O6. The number of imide groups is 1. The van der Waals surface area contributed by atoms with Gasteiger partial charge in [0.2, 0.25) is 0 Å². The average Bonchev–Trinajstić information content (AvgIpc) is 2.96. The zero-order valence-corrected chi connectivity index (χ0v) is 18.1. The molecule has 8 nitrogen and oxygen atoms in total. The topological polar surface area (TPSA) is 94.2 Å². The van der Waals surface area contributed by atoms with Crippen LogP contribution in [0.25, 0.3) is 0 Å². The van der Waals surface area contributed by atoms with E-state index in [1.165, 1.54) is 38.5 Å². The molecule has 0 aliphatic carbocycles. The Bertz CT molecular complexity index is 1060. The lowest BCUT2D eigenvalue weighted by atomic mass is 10.2. The molecule has 0 fully saturated rings. The van der Waals surface area contributed by atoms with Crippen molar-refractivity contribution in [2.45, 2.75) is 20.0 Å². The van der Waals surface area contributed by atoms with Crippen LogP contribution in [0.15, 0.2) is 53.2 Å². The standard InChI is InChI=1S/C22H21ClN2O6/c1-12(2)31-22(28)13-5-7-14(8-6-13)25-20(26)18(23)19(21(25)27)24-16-10-9-15(29-3)11-17(16)30-4/h5-12,24H,1-4H3. The number of rotatable bonds is 7. The highest BCUT2D eigenvalue weighted by Gasteiger charge is 2.39. The predicted octanol–water partition coefficient (Wildman–Crippen LogP) is 3.70. The lowest BCUT2D eigenvalue weighted by molar-refractivity contribution is -0.120. The van der Waals surface area contributed by atoms with Crippen LogP contribution in [-0.2, 0) is 14.3 Å². The van der Waals surface area contributed by atoms with Gasteiger partial charge >= 0.3 is 5.97 Å². The van der Waals surface area contributed by atoms with Gasteiger partial charge in [-0.2, -0.15) is 0 Å². The molecule has 2 aromatic rings. The van der Waals surface area contributed by atoms with E-state index in [0.717, 1.165) is 4.90 Å². The zero-order valence-electron chi connectivity index (χ0n) is 17.4. The molecule has 0 radical (unpaired) electrons. The number of halogens is 1. The predicted molar refractivity (Wildman–Crippen MR) is 116 cm³/mol. The van der Waals surface area contributed by atoms with Gasteiger partial charge in [0.25, 0.3) is 11.8 Å². The van der Waals surface area contributed by atoms with Crippen LogP contribution in [-0.4, -0.2) is 38.1 Å². The van der Waals surface area contributed by atoms with E-state index in [4.69, 9.17) is 25.8 Å². The number of ether oxygens (including phenoxy) is 3. The van der Waals surface area contributed by atoms with E-state index < -0.39 is 17.8 Å². The van der Waals surface area contributed by atoms with Gasteiger partial charge in [-0.05, 0) is 50.2 Å². The Morgan fingerprint density at radius 3 is 2.26 bits per heavy atom. The van der Waals surface area contributed by atoms with E-state index in [-0.39, 0.29) is 22.5 Å². The number of hydrogen-bond donors (Lipinski definition) is 1. The van der Waals surface area contributed by atoms with E-state index in [1.54, 1.807) is 32.0 Å². The van der Waals surface area contributed by atoms with Gasteiger partial charge in [0.15, 0.2) is 0 Å². The molecule has 162 valence electrons. The Kier molecular flexibility index (Phi) is 6.50. The molecule has 1 heterocycles. The van der Waals surface area contributed by atoms with E-state index in [2.05, 4.69) is 5.32 Å². The fraction of sp³-hybridized carbons (Fsp3) is 0.227. The molecule has 0 atom stereocenters. The molecule has 31 heavy (non-hydrogen) atoms. The second-order valence-electron chi connectivity index (χ2n) is 6.83. The minimum Gasteiger partial charge on any atom is -0.497 e. The summed E-state index contributed by atoms with van der Waals surface area (Å²) in [6, 6.07) is 10.9. The molecule has 0 bridgehead atoms. The summed E-state index contributed by atoms with van der Waals surface area (Å²) in [6.45, 7) is 3.49. The number of carbonyl (C=O) groups excluding carboxylic acids is 3. The van der Waals surface area contributed by atoms with Crippen LogP contribution >= 0.6 is 11.6 Å². The monoisotopic (exact) mass is 444 g/mol. The molecule has 0 saturated heterocycles. The normalized spacial score (nSPS) is 13.7. The highest BCUT2D eigenvalue weighted by atomic mass is 35.5. The van der Waals surface area contributed by atoms with Crippen molar-refractivity contribution < 1.29 is 28.6 Å². The third kappa shape index (κ3) is 4.49. The van der Waals surface area contributed by atoms with Crippen molar-refractivity contribution in [2.75, 3.05) is 24.4 Å². The first-order chi connectivity index (χ1) is 14.8. The summed E-state index contributed by atoms with van der Waals surface area (Å²) in [5.74, 6) is -0.840. The van der Waals surface area contributed by atoms with Gasteiger partial charge in [-0.15, -0.1) is 0 Å². The lowest BCUT2D eigenvalue weighted by Crippen LogP contribution is -2.32. The average molecular weight is 445 g/mol. The minimum absolute atomic E-state index is 0.0848. The number of anilines is 2. The van der Waals surface area contributed by atoms with E-state index in [0.29, 0.717) is 22.7 Å². The summed E-state index contributed by atoms with van der Waals surface area (Å²) in [6.07, 6.45) is -0.263. The molecule has 1 N–H and O–H groups in total. The van der Waals surface area contributed by atoms with Gasteiger partial charge in [0.05, 0.1) is 37.3 Å². The molecule has 1 aliphatic rings. The number of benzene rings is 2. The number of methoxy groups -OCH3 is 2. The van der Waals surface area contributed by atoms with Crippen molar-refractivity contribution in [3.8, 4) is 11.5 Å². The largest absolute Gasteiger partial charge is 0.497 e. The van der Waals surface area contributed by atoms with Gasteiger partial charge in [-0.3, -0.25) is 9.59 Å². The Labute approximate surface area is 184 Å². The highest BCUT2D eigenvalue weighted by Crippen LogP contribution is 2.34. The first-order valence-corrected chi connectivity index (χ1v) is 9.73. The van der Waals surface area contributed by atoms with Crippen molar-refractivity contribution in [1.29, 1.82) is 0 Å². The number of esters is 1. The van der Waals surface area contributed by atoms with E-state index >= 15 is 0 Å². The molecular weight excluding hydrogens is 424 g/mol. The maximum Gasteiger partial charge on any atom is 0.338 e. The Morgan fingerprint density at radius 1 is 1.00 bits per heavy atom. The molecule has 0 saturated carbocycles. The van der Waals surface area contributed by atoms with Crippen LogP contribution in [0, 0.1) is 0 Å². The summed E-state index contributed by atoms with van der Waals surface area (Å²) in [5, 5.41) is 2.62. The Balaban J connectivity index is 1.84. The summed E-state index contributed by atoms with van der Waals surface area (Å²) >= 11 is 6.18. The van der Waals surface area contributed by atoms with Gasteiger partial charge in [0, 0.05) is 6.07 Å². The smallest absolute Gasteiger partial charge is 0.338 e. The fourth-order valence-corrected chi connectivity index (χ4v) is 3.12. The lowest BCUT2D eigenvalue weighted by Gasteiger charge is -2.16. The summed E-state index contributed by atoms with van der Waals surface area (Å²) in [7, 11) is 2.99. The highest BCUT2D eigenvalue weighted by molar-refractivity contribution is 6.53. The summed E-state index contributed by atoms with van der Waals surface area (Å²) in [5.41, 5.74) is 0.925. The van der Waals surface area contributed by atoms with Crippen molar-refractivity contribution in [3.05, 3.63) is 58.8 Å². The number of amides is 2. The van der Waals surface area contributed by atoms with E-state index in [9.17, 15) is 14.4 Å². The van der Waals surface area contributed by atoms with Gasteiger partial charge in [-0.25, -0.2) is 9.69 Å². The molecule has 0 spiro atoms. The van der Waals surface area contributed by atoms with Crippen molar-refractivity contribution in [3.63, 3.8) is 0 Å². The molecule has 1 aliphatic heterocycles. The minimum atomic E-state index is -0.681. The number of nitrogens with one attached hydrogen (secondary N) is 1. The Hall–Kier alpha value is -3.52. The van der Waals surface area contributed by atoms with Gasteiger partial charge in [-0.1, -0.05) is 11.6 Å². The first-order valence-electron chi connectivity index (χ1n) is 9.35. The van der Waals surface area contributed by atoms with Crippen LogP contribution in [0.3, 0.4) is 0 Å². The molecule has 2 aromatic carbocycles. The molecule has 0 unspecified atom stereocenters. The molecule has 3 rings (SSSR count). The van der Waals surface area contributed by atoms with Crippen LogP contribution in [0.4, 0.5) is 11.4 Å². The fourth-order valence-electron chi connectivity index (χ4n) is 2.91. The molecule has 0 aromatic heterocycles. The maximum atomic E-state index is 13.0. The summed E-state index contributed by atoms with van der Waals surface area (Å²) < 4.78 is 15.6. The van der Waals surface area contributed by atoms with Crippen molar-refractivity contribution in [2.24, 2.45) is 0 Å². The quantitative estimate of drug-likeness (QED) is 0.514. The zero-order chi connectivity index (χ0) is 22.7. The van der Waals surface area contributed by atoms with Crippen LogP contribution in [0.5, 0.6) is 11.5 Å². The second kappa shape index (κ2) is 9.09. The van der Waals surface area contributed by atoms with Gasteiger partial charge in [0.1, 0.15) is 22.2 Å². The second-order valence-corrected chi connectivity index (χ2v) is 7.20. The van der Waals surface area contributed by atoms with Crippen LogP contribution in [0.2, 0.25) is 0 Å². The molecule has 2 amide bonds. The number of nitrogens with zero attached hydrogens (tertiary/aromatic N) is 1. The van der Waals surface area contributed by atoms with Crippen LogP contribution in [0.1, 0.15) is 24.2 Å². The van der Waals surface area contributed by atoms with E-state index in [1.807, 2.05) is 0 Å². The number of carbonyl (C=O) groups is 3. The third-order valence-electron chi connectivity index (χ3n) is 4.40. The van der Waals surface area contributed by atoms with Crippen molar-refractivity contribution >= 4 is 40.8 Å². The molecule has 9 heteroatoms. The number of hydrogen-bond acceptors (Lipinski definition) is 7. The van der Waals surface area contributed by atoms with Crippen LogP contribution < -0.4 is 19.7 Å². The summed E-state index contributed by atoms with van der Waals surface area (Å²) in [4.78, 5) is 38.6. The SMILES string of the molecule is COc1ccc(NC2=C(Cl)C(=O)N(c3ccc(C(=O)OC(C)C)cc3)C2=O)c(OC)c1.